The van der Waals surface area contributed by atoms with E-state index in [1.165, 1.54) is 30.0 Å². The fourth-order valence-electron chi connectivity index (χ4n) is 5.84. The molecule has 30 heavy (non-hydrogen) atoms. The Labute approximate surface area is 173 Å². The second-order valence-electron chi connectivity index (χ2n) is 9.66. The zero-order valence-electron chi connectivity index (χ0n) is 16.8. The number of hydrogen-bond donors (Lipinski definition) is 0. The van der Waals surface area contributed by atoms with Gasteiger partial charge in [-0.15, -0.1) is 0 Å². The Balaban J connectivity index is 1.17. The molecule has 4 aliphatic carbocycles. The van der Waals surface area contributed by atoms with Crippen LogP contribution in [0.5, 0.6) is 0 Å². The maximum Gasteiger partial charge on any atom is 0.249 e. The van der Waals surface area contributed by atoms with Gasteiger partial charge in [-0.2, -0.15) is 10.2 Å². The number of aromatic nitrogens is 3. The predicted molar refractivity (Wildman–Crippen MR) is 105 cm³/mol. The fraction of sp³-hybridized carbons (Fsp3) is 0.545. The summed E-state index contributed by atoms with van der Waals surface area (Å²) in [6, 6.07) is 2.99. The van der Waals surface area contributed by atoms with Gasteiger partial charge >= 0.3 is 0 Å². The molecule has 4 saturated carbocycles. The highest BCUT2D eigenvalue weighted by molar-refractivity contribution is 5.88. The van der Waals surface area contributed by atoms with Crippen LogP contribution >= 0.6 is 0 Å². The van der Waals surface area contributed by atoms with Crippen molar-refractivity contribution in [1.29, 1.82) is 0 Å². The number of nitrogens with zero attached hydrogens (tertiary/aromatic N) is 5. The molecule has 1 aliphatic heterocycles. The molecule has 1 aromatic carbocycles. The molecule has 1 atom stereocenters. The Hall–Kier alpha value is -2.64. The van der Waals surface area contributed by atoms with E-state index in [0.717, 1.165) is 43.5 Å². The van der Waals surface area contributed by atoms with Gasteiger partial charge in [-0.05, 0) is 62.1 Å². The molecule has 0 spiro atoms. The summed E-state index contributed by atoms with van der Waals surface area (Å²) < 4.78 is 29.4. The molecule has 0 radical (unpaired) electrons. The van der Waals surface area contributed by atoms with E-state index in [0.29, 0.717) is 17.9 Å². The van der Waals surface area contributed by atoms with E-state index in [1.54, 1.807) is 6.21 Å². The van der Waals surface area contributed by atoms with Crippen molar-refractivity contribution in [2.75, 3.05) is 0 Å². The Kier molecular flexibility index (Phi) is 3.60. The summed E-state index contributed by atoms with van der Waals surface area (Å²) in [5.41, 5.74) is 0.177. The highest BCUT2D eigenvalue weighted by Crippen LogP contribution is 2.74. The summed E-state index contributed by atoms with van der Waals surface area (Å²) in [5, 5.41) is 10.3. The number of rotatable bonds is 5. The Morgan fingerprint density at radius 1 is 1.17 bits per heavy atom. The van der Waals surface area contributed by atoms with Crippen LogP contribution in [-0.2, 0) is 11.3 Å². The molecule has 156 valence electrons. The number of aryl methyl sites for hydroxylation is 1. The zero-order valence-corrected chi connectivity index (χ0v) is 16.8. The number of carbonyl (C=O) groups excluding carboxylic acids is 1. The molecule has 2 bridgehead atoms. The van der Waals surface area contributed by atoms with Crippen LogP contribution in [0.1, 0.15) is 67.7 Å². The maximum atomic E-state index is 13.7. The van der Waals surface area contributed by atoms with Crippen molar-refractivity contribution in [2.24, 2.45) is 15.9 Å². The summed E-state index contributed by atoms with van der Waals surface area (Å²) in [4.78, 5) is 17.9. The maximum absolute atomic E-state index is 13.7. The van der Waals surface area contributed by atoms with Gasteiger partial charge < -0.3 is 0 Å². The van der Waals surface area contributed by atoms with E-state index in [4.69, 9.17) is 0 Å². The molecule has 7 rings (SSSR count). The van der Waals surface area contributed by atoms with Crippen LogP contribution in [0.3, 0.4) is 0 Å². The number of benzene rings is 1. The van der Waals surface area contributed by atoms with Crippen molar-refractivity contribution >= 4 is 12.1 Å². The lowest BCUT2D eigenvalue weighted by molar-refractivity contribution is -0.223. The van der Waals surface area contributed by atoms with Crippen LogP contribution < -0.4 is 0 Å². The molecular weight excluding hydrogens is 388 g/mol. The van der Waals surface area contributed by atoms with Crippen molar-refractivity contribution in [1.82, 2.24) is 19.8 Å². The summed E-state index contributed by atoms with van der Waals surface area (Å²) >= 11 is 0. The first-order chi connectivity index (χ1) is 14.4. The molecule has 4 fully saturated rings. The monoisotopic (exact) mass is 411 g/mol. The van der Waals surface area contributed by atoms with Gasteiger partial charge in [0.25, 0.3) is 0 Å². The average molecular weight is 411 g/mol. The normalized spacial score (nSPS) is 31.6. The smallest absolute Gasteiger partial charge is 0.249 e. The Morgan fingerprint density at radius 2 is 1.87 bits per heavy atom. The lowest BCUT2D eigenvalue weighted by Crippen LogP contribution is -2.68. The second-order valence-corrected chi connectivity index (χ2v) is 9.66. The summed E-state index contributed by atoms with van der Waals surface area (Å²) in [6.07, 6.45) is 6.95. The zero-order chi connectivity index (χ0) is 20.7. The molecule has 0 saturated heterocycles. The molecular formula is C22H23F2N5O. The van der Waals surface area contributed by atoms with Gasteiger partial charge in [0.05, 0.1) is 11.5 Å². The Morgan fingerprint density at radius 3 is 2.53 bits per heavy atom. The highest BCUT2D eigenvalue weighted by atomic mass is 19.1. The first-order valence-electron chi connectivity index (χ1n) is 10.6. The van der Waals surface area contributed by atoms with Crippen LogP contribution in [0.25, 0.3) is 0 Å². The topological polar surface area (TPSA) is 63.4 Å². The molecule has 6 nitrogen and oxygen atoms in total. The van der Waals surface area contributed by atoms with Crippen LogP contribution in [0.2, 0.25) is 0 Å². The van der Waals surface area contributed by atoms with E-state index in [-0.39, 0.29) is 16.7 Å². The van der Waals surface area contributed by atoms with Crippen molar-refractivity contribution in [3.8, 4) is 0 Å². The van der Waals surface area contributed by atoms with Crippen LogP contribution in [0, 0.1) is 29.4 Å². The molecule has 2 heterocycles. The average Bonchev–Trinajstić information content (AvgIpc) is 3.22. The molecule has 1 amide bonds. The van der Waals surface area contributed by atoms with Crippen LogP contribution in [0.4, 0.5) is 8.78 Å². The summed E-state index contributed by atoms with van der Waals surface area (Å²) in [5.74, 6) is 1.15. The van der Waals surface area contributed by atoms with Crippen molar-refractivity contribution in [2.45, 2.75) is 64.0 Å². The number of halogens is 2. The minimum Gasteiger partial charge on any atom is -0.272 e. The number of carbonyl (C=O) groups is 1. The van der Waals surface area contributed by atoms with Crippen LogP contribution in [-0.4, -0.2) is 31.9 Å². The minimum absolute atomic E-state index is 0.0232. The summed E-state index contributed by atoms with van der Waals surface area (Å²) in [6.45, 7) is 2.74. The van der Waals surface area contributed by atoms with Gasteiger partial charge in [-0.25, -0.2) is 23.5 Å². The number of amides is 1. The van der Waals surface area contributed by atoms with Crippen molar-refractivity contribution in [3.05, 3.63) is 47.0 Å². The Bertz CT molecular complexity index is 1050. The third-order valence-corrected chi connectivity index (χ3v) is 7.14. The van der Waals surface area contributed by atoms with Gasteiger partial charge in [0.15, 0.2) is 0 Å². The number of hydrogen-bond acceptors (Lipinski definition) is 4. The molecule has 1 unspecified atom stereocenters. The summed E-state index contributed by atoms with van der Waals surface area (Å²) in [7, 11) is 0. The van der Waals surface area contributed by atoms with Crippen molar-refractivity contribution < 1.29 is 13.6 Å². The molecule has 8 heteroatoms. The lowest BCUT2D eigenvalue weighted by atomic mass is 9.34. The quantitative estimate of drug-likeness (QED) is 0.750. The van der Waals surface area contributed by atoms with Gasteiger partial charge in [0.2, 0.25) is 5.91 Å². The molecule has 0 N–H and O–H groups in total. The second kappa shape index (κ2) is 5.95. The largest absolute Gasteiger partial charge is 0.272 e. The first kappa shape index (κ1) is 18.2. The lowest BCUT2D eigenvalue weighted by Gasteiger charge is -2.69. The first-order valence-corrected chi connectivity index (χ1v) is 10.6. The van der Waals surface area contributed by atoms with E-state index >= 15 is 0 Å². The molecule has 5 aliphatic rings. The third kappa shape index (κ3) is 2.65. The van der Waals surface area contributed by atoms with Gasteiger partial charge in [-0.1, -0.05) is 0 Å². The fourth-order valence-corrected chi connectivity index (χ4v) is 5.84. The standard InChI is InChI=1S/C22H23F2N5O/c1-13-26-19(14-2-3-14)28(27-13)12-21-9-22(10-21,11-21)20(30)29-18(4-5-25-29)15-6-16(23)8-17(24)7-15/h5-8,14,18H,2-4,9-12H2,1H3. The van der Waals surface area contributed by atoms with Gasteiger partial charge in [0, 0.05) is 31.2 Å². The van der Waals surface area contributed by atoms with E-state index < -0.39 is 17.7 Å². The van der Waals surface area contributed by atoms with Gasteiger partial charge in [-0.3, -0.25) is 4.79 Å². The van der Waals surface area contributed by atoms with E-state index in [2.05, 4.69) is 19.9 Å². The van der Waals surface area contributed by atoms with Crippen molar-refractivity contribution in [3.63, 3.8) is 0 Å². The molecule has 1 aromatic heterocycles. The molecule has 2 aromatic rings. The predicted octanol–water partition coefficient (Wildman–Crippen LogP) is 3.87. The highest BCUT2D eigenvalue weighted by Gasteiger charge is 2.72. The van der Waals surface area contributed by atoms with E-state index in [9.17, 15) is 13.6 Å². The third-order valence-electron chi connectivity index (χ3n) is 7.14. The van der Waals surface area contributed by atoms with Gasteiger partial charge in [0.1, 0.15) is 23.3 Å². The van der Waals surface area contributed by atoms with Crippen LogP contribution in [0.15, 0.2) is 23.3 Å². The minimum atomic E-state index is -0.636. The SMILES string of the molecule is Cc1nc(C2CC2)n(CC23CC(C(=O)N4N=CCC4c4cc(F)cc(F)c4)(C2)C3)n1. The van der Waals surface area contributed by atoms with E-state index in [1.807, 2.05) is 6.92 Å². The number of hydrazone groups is 1.